The van der Waals surface area contributed by atoms with E-state index >= 15 is 0 Å². The molecule has 1 aromatic carbocycles. The molecule has 0 saturated carbocycles. The largest absolute Gasteiger partial charge is 0.497 e. The number of hydrogen-bond donors (Lipinski definition) is 2. The average Bonchev–Trinajstić information content (AvgIpc) is 2.35. The fourth-order valence-electron chi connectivity index (χ4n) is 1.55. The van der Waals surface area contributed by atoms with E-state index in [2.05, 4.69) is 19.2 Å². The highest BCUT2D eigenvalue weighted by molar-refractivity contribution is 5.47. The topological polar surface area (TPSA) is 41.5 Å². The molecule has 1 rings (SSSR count). The zero-order valence-corrected chi connectivity index (χ0v) is 10.2. The summed E-state index contributed by atoms with van der Waals surface area (Å²) in [7, 11) is 1.65. The van der Waals surface area contributed by atoms with Crippen molar-refractivity contribution in [2.45, 2.75) is 26.3 Å². The summed E-state index contributed by atoms with van der Waals surface area (Å²) in [5.41, 5.74) is 1.01. The van der Waals surface area contributed by atoms with Gasteiger partial charge < -0.3 is 15.2 Å². The van der Waals surface area contributed by atoms with Crippen LogP contribution < -0.4 is 10.1 Å². The van der Waals surface area contributed by atoms with E-state index in [9.17, 15) is 5.11 Å². The van der Waals surface area contributed by atoms with Crippen molar-refractivity contribution in [1.29, 1.82) is 0 Å². The van der Waals surface area contributed by atoms with Crippen LogP contribution in [0.2, 0.25) is 0 Å². The van der Waals surface area contributed by atoms with Crippen LogP contribution in [0.15, 0.2) is 24.3 Å². The standard InChI is InChI=1S/C13H21NO2/c1-4-10(2)13(9-15)14-11-5-7-12(16-3)8-6-11/h5-8,10,13-15H,4,9H2,1-3H3. The first-order chi connectivity index (χ1) is 7.71. The lowest BCUT2D eigenvalue weighted by Crippen LogP contribution is -2.30. The fraction of sp³-hybridized carbons (Fsp3) is 0.538. The van der Waals surface area contributed by atoms with Crippen LogP contribution in [0.4, 0.5) is 5.69 Å². The molecule has 90 valence electrons. The average molecular weight is 223 g/mol. The van der Waals surface area contributed by atoms with Crippen LogP contribution in [0.3, 0.4) is 0 Å². The van der Waals surface area contributed by atoms with Crippen LogP contribution >= 0.6 is 0 Å². The number of anilines is 1. The molecule has 0 aliphatic carbocycles. The highest BCUT2D eigenvalue weighted by Gasteiger charge is 2.14. The Morgan fingerprint density at radius 2 is 1.94 bits per heavy atom. The summed E-state index contributed by atoms with van der Waals surface area (Å²) in [6.45, 7) is 4.42. The monoisotopic (exact) mass is 223 g/mol. The number of nitrogens with one attached hydrogen (secondary N) is 1. The van der Waals surface area contributed by atoms with Gasteiger partial charge in [-0.1, -0.05) is 20.3 Å². The van der Waals surface area contributed by atoms with Crippen molar-refractivity contribution in [3.63, 3.8) is 0 Å². The Kier molecular flexibility index (Phi) is 5.12. The molecule has 3 nitrogen and oxygen atoms in total. The van der Waals surface area contributed by atoms with E-state index in [1.807, 2.05) is 24.3 Å². The normalized spacial score (nSPS) is 14.2. The van der Waals surface area contributed by atoms with Crippen molar-refractivity contribution in [3.05, 3.63) is 24.3 Å². The third-order valence-corrected chi connectivity index (χ3v) is 2.97. The molecule has 3 heteroatoms. The predicted octanol–water partition coefficient (Wildman–Crippen LogP) is 2.51. The van der Waals surface area contributed by atoms with Crippen molar-refractivity contribution in [2.75, 3.05) is 19.0 Å². The molecule has 0 saturated heterocycles. The molecular weight excluding hydrogens is 202 g/mol. The molecular formula is C13H21NO2. The number of ether oxygens (including phenoxy) is 1. The summed E-state index contributed by atoms with van der Waals surface area (Å²) in [5.74, 6) is 1.29. The van der Waals surface area contributed by atoms with Gasteiger partial charge >= 0.3 is 0 Å². The number of benzene rings is 1. The summed E-state index contributed by atoms with van der Waals surface area (Å²) < 4.78 is 5.09. The third-order valence-electron chi connectivity index (χ3n) is 2.97. The van der Waals surface area contributed by atoms with Crippen molar-refractivity contribution in [3.8, 4) is 5.75 Å². The van der Waals surface area contributed by atoms with E-state index in [4.69, 9.17) is 4.74 Å². The highest BCUT2D eigenvalue weighted by atomic mass is 16.5. The molecule has 2 unspecified atom stereocenters. The van der Waals surface area contributed by atoms with Crippen LogP contribution in [0.5, 0.6) is 5.75 Å². The lowest BCUT2D eigenvalue weighted by molar-refractivity contribution is 0.241. The molecule has 0 fully saturated rings. The Morgan fingerprint density at radius 3 is 2.38 bits per heavy atom. The Labute approximate surface area is 97.4 Å². The van der Waals surface area contributed by atoms with Gasteiger partial charge in [0.25, 0.3) is 0 Å². The number of aliphatic hydroxyl groups is 1. The number of hydrogen-bond acceptors (Lipinski definition) is 3. The summed E-state index contributed by atoms with van der Waals surface area (Å²) in [6.07, 6.45) is 1.05. The fourth-order valence-corrected chi connectivity index (χ4v) is 1.55. The van der Waals surface area contributed by atoms with Crippen LogP contribution in [0.1, 0.15) is 20.3 Å². The molecule has 2 N–H and O–H groups in total. The quantitative estimate of drug-likeness (QED) is 0.778. The minimum absolute atomic E-state index is 0.110. The minimum Gasteiger partial charge on any atom is -0.497 e. The van der Waals surface area contributed by atoms with Gasteiger partial charge in [0.2, 0.25) is 0 Å². The van der Waals surface area contributed by atoms with Crippen LogP contribution in [-0.2, 0) is 0 Å². The molecule has 16 heavy (non-hydrogen) atoms. The van der Waals surface area contributed by atoms with E-state index in [0.29, 0.717) is 5.92 Å². The first-order valence-corrected chi connectivity index (χ1v) is 5.72. The molecule has 0 aromatic heterocycles. The van der Waals surface area contributed by atoms with Crippen molar-refractivity contribution in [2.24, 2.45) is 5.92 Å². The van der Waals surface area contributed by atoms with Gasteiger partial charge in [-0.25, -0.2) is 0 Å². The Hall–Kier alpha value is -1.22. The van der Waals surface area contributed by atoms with Crippen LogP contribution in [-0.4, -0.2) is 24.9 Å². The van der Waals surface area contributed by atoms with Crippen LogP contribution in [0, 0.1) is 5.92 Å². The molecule has 0 aliphatic rings. The summed E-state index contributed by atoms with van der Waals surface area (Å²) in [5, 5.41) is 12.6. The molecule has 0 radical (unpaired) electrons. The maximum absolute atomic E-state index is 9.30. The minimum atomic E-state index is 0.110. The molecule has 0 bridgehead atoms. The number of aliphatic hydroxyl groups excluding tert-OH is 1. The van der Waals surface area contributed by atoms with Gasteiger partial charge in [-0.15, -0.1) is 0 Å². The molecule has 0 amide bonds. The first-order valence-electron chi connectivity index (χ1n) is 5.72. The predicted molar refractivity (Wildman–Crippen MR) is 66.9 cm³/mol. The molecule has 0 aliphatic heterocycles. The van der Waals surface area contributed by atoms with Gasteiger partial charge in [0, 0.05) is 5.69 Å². The second-order valence-electron chi connectivity index (χ2n) is 4.05. The summed E-state index contributed by atoms with van der Waals surface area (Å²) >= 11 is 0. The number of methoxy groups -OCH3 is 1. The van der Waals surface area contributed by atoms with Gasteiger partial charge in [0.1, 0.15) is 5.75 Å². The maximum atomic E-state index is 9.30. The van der Waals surface area contributed by atoms with E-state index in [1.54, 1.807) is 7.11 Å². The van der Waals surface area contributed by atoms with Gasteiger partial charge in [-0.3, -0.25) is 0 Å². The van der Waals surface area contributed by atoms with Gasteiger partial charge in [0.15, 0.2) is 0 Å². The summed E-state index contributed by atoms with van der Waals surface area (Å²) in [4.78, 5) is 0. The van der Waals surface area contributed by atoms with Gasteiger partial charge in [0.05, 0.1) is 19.8 Å². The molecule has 2 atom stereocenters. The lowest BCUT2D eigenvalue weighted by Gasteiger charge is -2.23. The third kappa shape index (κ3) is 3.42. The van der Waals surface area contributed by atoms with E-state index in [0.717, 1.165) is 17.9 Å². The zero-order chi connectivity index (χ0) is 12.0. The molecule has 1 aromatic rings. The Morgan fingerprint density at radius 1 is 1.31 bits per heavy atom. The second kappa shape index (κ2) is 6.38. The van der Waals surface area contributed by atoms with Gasteiger partial charge in [-0.05, 0) is 30.2 Å². The van der Waals surface area contributed by atoms with Crippen molar-refractivity contribution >= 4 is 5.69 Å². The Bertz CT molecular complexity index is 297. The zero-order valence-electron chi connectivity index (χ0n) is 10.2. The lowest BCUT2D eigenvalue weighted by atomic mass is 9.99. The van der Waals surface area contributed by atoms with E-state index in [-0.39, 0.29) is 12.6 Å². The SMILES string of the molecule is CCC(C)C(CO)Nc1ccc(OC)cc1. The smallest absolute Gasteiger partial charge is 0.119 e. The van der Waals surface area contributed by atoms with Crippen molar-refractivity contribution < 1.29 is 9.84 Å². The summed E-state index contributed by atoms with van der Waals surface area (Å²) in [6, 6.07) is 7.85. The molecule has 0 heterocycles. The maximum Gasteiger partial charge on any atom is 0.119 e. The number of rotatable bonds is 6. The van der Waals surface area contributed by atoms with E-state index in [1.165, 1.54) is 0 Å². The van der Waals surface area contributed by atoms with E-state index < -0.39 is 0 Å². The highest BCUT2D eigenvalue weighted by Crippen LogP contribution is 2.18. The Balaban J connectivity index is 2.63. The van der Waals surface area contributed by atoms with Gasteiger partial charge in [-0.2, -0.15) is 0 Å². The van der Waals surface area contributed by atoms with Crippen molar-refractivity contribution in [1.82, 2.24) is 0 Å². The van der Waals surface area contributed by atoms with Crippen LogP contribution in [0.25, 0.3) is 0 Å². The second-order valence-corrected chi connectivity index (χ2v) is 4.05. The molecule has 0 spiro atoms. The first kappa shape index (κ1) is 12.8.